The predicted octanol–water partition coefficient (Wildman–Crippen LogP) is 4.11. The third-order valence-electron chi connectivity index (χ3n) is 6.88. The molecule has 0 radical (unpaired) electrons. The van der Waals surface area contributed by atoms with E-state index in [1.165, 1.54) is 17.0 Å². The molecule has 11 nitrogen and oxygen atoms in total. The molecule has 1 fully saturated rings. The largest absolute Gasteiger partial charge is 0.483 e. The van der Waals surface area contributed by atoms with E-state index in [4.69, 9.17) is 24.7 Å². The number of rotatable bonds is 6. The molecule has 2 aromatic carbocycles. The maximum Gasteiger partial charge on any atom is 0.410 e. The van der Waals surface area contributed by atoms with E-state index in [1.807, 2.05) is 0 Å². The molecule has 43 heavy (non-hydrogen) atoms. The molecule has 12 heteroatoms. The highest BCUT2D eigenvalue weighted by molar-refractivity contribution is 6.06. The van der Waals surface area contributed by atoms with Crippen LogP contribution >= 0.6 is 0 Å². The second kappa shape index (κ2) is 12.4. The SMILES string of the molecule is COC(=O)C1=C(C(=O)OC)N(c2cccc(F)c2OC2CCN(C(=O)OC(C)(C)C)C2)C(N)=C(C#N)C1c1ccccc1. The minimum Gasteiger partial charge on any atom is -0.483 e. The summed E-state index contributed by atoms with van der Waals surface area (Å²) in [5.41, 5.74) is 5.64. The summed E-state index contributed by atoms with van der Waals surface area (Å²) < 4.78 is 37.2. The summed E-state index contributed by atoms with van der Waals surface area (Å²) in [7, 11) is 2.25. The molecule has 2 unspecified atom stereocenters. The number of ether oxygens (including phenoxy) is 4. The normalized spacial score (nSPS) is 18.7. The van der Waals surface area contributed by atoms with E-state index in [1.54, 1.807) is 51.1 Å². The Morgan fingerprint density at radius 1 is 1.02 bits per heavy atom. The Kier molecular flexibility index (Phi) is 8.94. The Hall–Kier alpha value is -5.05. The zero-order chi connectivity index (χ0) is 31.5. The first kappa shape index (κ1) is 30.9. The van der Waals surface area contributed by atoms with Crippen LogP contribution in [0.25, 0.3) is 0 Å². The van der Waals surface area contributed by atoms with Gasteiger partial charge in [-0.25, -0.2) is 18.8 Å². The number of nitrogens with two attached hydrogens (primary N) is 1. The minimum atomic E-state index is -1.08. The fourth-order valence-electron chi connectivity index (χ4n) is 5.04. The molecule has 2 N–H and O–H groups in total. The summed E-state index contributed by atoms with van der Waals surface area (Å²) in [6.07, 6.45) is -0.804. The van der Waals surface area contributed by atoms with Gasteiger partial charge < -0.3 is 29.6 Å². The topological polar surface area (TPSA) is 144 Å². The van der Waals surface area contributed by atoms with Crippen molar-refractivity contribution in [3.63, 3.8) is 0 Å². The summed E-state index contributed by atoms with van der Waals surface area (Å²) in [5, 5.41) is 10.3. The van der Waals surface area contributed by atoms with Crippen LogP contribution < -0.4 is 15.4 Å². The number of nitriles is 1. The Balaban J connectivity index is 1.85. The van der Waals surface area contributed by atoms with Gasteiger partial charge in [0, 0.05) is 13.0 Å². The molecule has 2 aliphatic heterocycles. The molecule has 0 spiro atoms. The standard InChI is InChI=1S/C31H33FN4O7/c1-31(2,3)43-30(39)35-15-14-19(17-35)42-26-21(32)12-9-13-22(26)36-25(29(38)41-5)24(28(37)40-4)23(20(16-33)27(36)34)18-10-7-6-8-11-18/h6-13,19,23H,14-15,17,34H2,1-5H3. The highest BCUT2D eigenvalue weighted by Gasteiger charge is 2.44. The van der Waals surface area contributed by atoms with Gasteiger partial charge in [-0.1, -0.05) is 36.4 Å². The van der Waals surface area contributed by atoms with Crippen LogP contribution in [0.1, 0.15) is 38.7 Å². The van der Waals surface area contributed by atoms with Crippen molar-refractivity contribution >= 4 is 23.7 Å². The lowest BCUT2D eigenvalue weighted by molar-refractivity contribution is -0.139. The molecule has 226 valence electrons. The average molecular weight is 593 g/mol. The van der Waals surface area contributed by atoms with Gasteiger partial charge in [0.2, 0.25) is 0 Å². The Morgan fingerprint density at radius 2 is 1.70 bits per heavy atom. The van der Waals surface area contributed by atoms with Crippen LogP contribution in [-0.2, 0) is 23.8 Å². The second-order valence-electron chi connectivity index (χ2n) is 10.9. The lowest BCUT2D eigenvalue weighted by Gasteiger charge is -2.36. The van der Waals surface area contributed by atoms with Crippen molar-refractivity contribution in [2.45, 2.75) is 44.8 Å². The van der Waals surface area contributed by atoms with Crippen molar-refractivity contribution < 1.29 is 37.7 Å². The number of hydrogen-bond donors (Lipinski definition) is 1. The summed E-state index contributed by atoms with van der Waals surface area (Å²) in [4.78, 5) is 41.8. The molecule has 4 rings (SSSR count). The Labute approximate surface area is 248 Å². The highest BCUT2D eigenvalue weighted by atomic mass is 19.1. The lowest BCUT2D eigenvalue weighted by Crippen LogP contribution is -2.41. The van der Waals surface area contributed by atoms with Crippen LogP contribution in [-0.4, -0.2) is 61.9 Å². The molecule has 0 bridgehead atoms. The number of hydrogen-bond acceptors (Lipinski definition) is 10. The number of methoxy groups -OCH3 is 2. The number of anilines is 1. The zero-order valence-corrected chi connectivity index (χ0v) is 24.5. The maximum atomic E-state index is 15.5. The summed E-state index contributed by atoms with van der Waals surface area (Å²) in [5.74, 6) is -4.31. The number of halogens is 1. The molecular formula is C31H33FN4O7. The molecule has 1 amide bonds. The van der Waals surface area contributed by atoms with Gasteiger partial charge >= 0.3 is 18.0 Å². The number of esters is 2. The first-order chi connectivity index (χ1) is 20.4. The molecule has 1 saturated heterocycles. The number of para-hydroxylation sites is 1. The van der Waals surface area contributed by atoms with Gasteiger partial charge in [-0.15, -0.1) is 0 Å². The summed E-state index contributed by atoms with van der Waals surface area (Å²) in [6.45, 7) is 5.69. The van der Waals surface area contributed by atoms with Crippen molar-refractivity contribution in [2.75, 3.05) is 32.2 Å². The van der Waals surface area contributed by atoms with Gasteiger partial charge in [0.15, 0.2) is 11.6 Å². The van der Waals surface area contributed by atoms with E-state index in [2.05, 4.69) is 6.07 Å². The summed E-state index contributed by atoms with van der Waals surface area (Å²) >= 11 is 0. The second-order valence-corrected chi connectivity index (χ2v) is 10.9. The molecule has 2 aliphatic rings. The fourth-order valence-corrected chi connectivity index (χ4v) is 5.04. The van der Waals surface area contributed by atoms with E-state index in [0.29, 0.717) is 18.5 Å². The third kappa shape index (κ3) is 6.25. The van der Waals surface area contributed by atoms with Crippen molar-refractivity contribution in [3.8, 4) is 11.8 Å². The third-order valence-corrected chi connectivity index (χ3v) is 6.88. The molecule has 0 aromatic heterocycles. The first-order valence-electron chi connectivity index (χ1n) is 13.5. The van der Waals surface area contributed by atoms with Crippen LogP contribution in [0, 0.1) is 17.1 Å². The van der Waals surface area contributed by atoms with Crippen LogP contribution in [0.5, 0.6) is 5.75 Å². The molecule has 0 saturated carbocycles. The smallest absolute Gasteiger partial charge is 0.410 e. The van der Waals surface area contributed by atoms with Crippen molar-refractivity contribution in [1.82, 2.24) is 4.90 Å². The van der Waals surface area contributed by atoms with Gasteiger partial charge in [0.05, 0.1) is 49.6 Å². The van der Waals surface area contributed by atoms with E-state index < -0.39 is 41.5 Å². The molecule has 0 aliphatic carbocycles. The predicted molar refractivity (Wildman–Crippen MR) is 153 cm³/mol. The number of amides is 1. The van der Waals surface area contributed by atoms with Crippen molar-refractivity contribution in [2.24, 2.45) is 5.73 Å². The number of carbonyl (C=O) groups is 3. The lowest BCUT2D eigenvalue weighted by atomic mass is 9.81. The van der Waals surface area contributed by atoms with Crippen molar-refractivity contribution in [3.05, 3.63) is 82.6 Å². The fraction of sp³-hybridized carbons (Fsp3) is 0.355. The quantitative estimate of drug-likeness (QED) is 0.384. The maximum absolute atomic E-state index is 15.5. The van der Waals surface area contributed by atoms with Gasteiger partial charge in [0.25, 0.3) is 0 Å². The number of benzene rings is 2. The van der Waals surface area contributed by atoms with E-state index in [9.17, 15) is 19.6 Å². The monoisotopic (exact) mass is 592 g/mol. The number of likely N-dealkylation sites (tertiary alicyclic amines) is 1. The average Bonchev–Trinajstić information content (AvgIpc) is 3.45. The van der Waals surface area contributed by atoms with Crippen LogP contribution in [0.3, 0.4) is 0 Å². The van der Waals surface area contributed by atoms with E-state index >= 15 is 4.39 Å². The molecule has 2 atom stereocenters. The highest BCUT2D eigenvalue weighted by Crippen LogP contribution is 2.46. The van der Waals surface area contributed by atoms with Gasteiger partial charge in [-0.2, -0.15) is 5.26 Å². The molecule has 2 aromatic rings. The van der Waals surface area contributed by atoms with Crippen LogP contribution in [0.2, 0.25) is 0 Å². The molecular weight excluding hydrogens is 559 g/mol. The molecule has 2 heterocycles. The summed E-state index contributed by atoms with van der Waals surface area (Å²) in [6, 6.07) is 14.5. The van der Waals surface area contributed by atoms with Gasteiger partial charge in [-0.3, -0.25) is 4.90 Å². The Morgan fingerprint density at radius 3 is 2.30 bits per heavy atom. The van der Waals surface area contributed by atoms with Gasteiger partial charge in [-0.05, 0) is 38.5 Å². The zero-order valence-electron chi connectivity index (χ0n) is 24.5. The number of nitrogens with zero attached hydrogens (tertiary/aromatic N) is 3. The van der Waals surface area contributed by atoms with Crippen molar-refractivity contribution in [1.29, 1.82) is 5.26 Å². The number of carbonyl (C=O) groups excluding carboxylic acids is 3. The first-order valence-corrected chi connectivity index (χ1v) is 13.5. The van der Waals surface area contributed by atoms with E-state index in [-0.39, 0.29) is 40.6 Å². The van der Waals surface area contributed by atoms with E-state index in [0.717, 1.165) is 25.2 Å². The van der Waals surface area contributed by atoms with Crippen LogP contribution in [0.4, 0.5) is 14.9 Å². The van der Waals surface area contributed by atoms with Gasteiger partial charge in [0.1, 0.15) is 23.2 Å². The number of allylic oxidation sites excluding steroid dienone is 1. The Bertz CT molecular complexity index is 1520. The minimum absolute atomic E-state index is 0.0608. The van der Waals surface area contributed by atoms with Crippen LogP contribution in [0.15, 0.2) is 71.2 Å².